The van der Waals surface area contributed by atoms with Gasteiger partial charge in [0.25, 0.3) is 11.5 Å². The van der Waals surface area contributed by atoms with Crippen LogP contribution in [-0.4, -0.2) is 26.7 Å². The van der Waals surface area contributed by atoms with E-state index >= 15 is 0 Å². The van der Waals surface area contributed by atoms with Crippen molar-refractivity contribution in [1.29, 1.82) is 0 Å². The minimum Gasteiger partial charge on any atom is -0.383 e. The van der Waals surface area contributed by atoms with Crippen LogP contribution in [0.5, 0.6) is 0 Å². The van der Waals surface area contributed by atoms with Crippen LogP contribution in [0.25, 0.3) is 11.3 Å². The van der Waals surface area contributed by atoms with Crippen LogP contribution in [0.3, 0.4) is 0 Å². The molecular formula is C24H29N5O4. The van der Waals surface area contributed by atoms with E-state index in [0.717, 1.165) is 44.1 Å². The van der Waals surface area contributed by atoms with E-state index in [1.165, 1.54) is 9.47 Å². The summed E-state index contributed by atoms with van der Waals surface area (Å²) in [5.41, 5.74) is 6.60. The second-order valence-corrected chi connectivity index (χ2v) is 8.44. The van der Waals surface area contributed by atoms with Gasteiger partial charge in [-0.05, 0) is 26.2 Å². The van der Waals surface area contributed by atoms with Crippen molar-refractivity contribution in [3.63, 3.8) is 0 Å². The van der Waals surface area contributed by atoms with Crippen molar-refractivity contribution in [2.24, 2.45) is 0 Å². The molecule has 1 saturated carbocycles. The maximum Gasteiger partial charge on any atom is 0.330 e. The summed E-state index contributed by atoms with van der Waals surface area (Å²) in [5.74, 6) is -0.0404. The number of nitrogens with one attached hydrogen (secondary N) is 1. The fraction of sp³-hybridized carbons (Fsp3) is 0.417. The van der Waals surface area contributed by atoms with Gasteiger partial charge in [-0.25, -0.2) is 4.79 Å². The van der Waals surface area contributed by atoms with Crippen LogP contribution in [0.1, 0.15) is 61.6 Å². The Hall–Kier alpha value is -3.62. The van der Waals surface area contributed by atoms with Crippen LogP contribution in [-0.2, 0) is 6.54 Å². The van der Waals surface area contributed by atoms with E-state index in [9.17, 15) is 14.4 Å². The molecule has 2 heterocycles. The second-order valence-electron chi connectivity index (χ2n) is 8.44. The second kappa shape index (κ2) is 9.48. The highest BCUT2D eigenvalue weighted by Gasteiger charge is 2.36. The molecule has 1 aliphatic rings. The largest absolute Gasteiger partial charge is 0.383 e. The molecule has 33 heavy (non-hydrogen) atoms. The van der Waals surface area contributed by atoms with Gasteiger partial charge in [0.1, 0.15) is 22.8 Å². The highest BCUT2D eigenvalue weighted by atomic mass is 16.5. The topological polar surface area (TPSA) is 127 Å². The van der Waals surface area contributed by atoms with Crippen LogP contribution < -0.4 is 21.9 Å². The maximum absolute atomic E-state index is 14.1. The van der Waals surface area contributed by atoms with Crippen molar-refractivity contribution in [3.8, 4) is 11.3 Å². The van der Waals surface area contributed by atoms with Gasteiger partial charge in [0.15, 0.2) is 5.69 Å². The lowest BCUT2D eigenvalue weighted by molar-refractivity contribution is 0.0975. The highest BCUT2D eigenvalue weighted by molar-refractivity contribution is 6.11. The number of unbranched alkanes of at least 4 members (excludes halogenated alkanes) is 1. The Bertz CT molecular complexity index is 1250. The monoisotopic (exact) mass is 451 g/mol. The molecule has 0 spiro atoms. The van der Waals surface area contributed by atoms with Crippen molar-refractivity contribution in [2.75, 3.05) is 10.6 Å². The molecule has 0 radical (unpaired) electrons. The van der Waals surface area contributed by atoms with E-state index in [1.807, 2.05) is 37.3 Å². The molecule has 3 aromatic rings. The molecule has 1 fully saturated rings. The van der Waals surface area contributed by atoms with Gasteiger partial charge in [0, 0.05) is 18.2 Å². The number of H-pyrrole nitrogens is 1. The van der Waals surface area contributed by atoms with E-state index in [-0.39, 0.29) is 17.5 Å². The summed E-state index contributed by atoms with van der Waals surface area (Å²) in [6.07, 6.45) is 4.93. The summed E-state index contributed by atoms with van der Waals surface area (Å²) in [4.78, 5) is 43.4. The molecule has 4 rings (SSSR count). The Morgan fingerprint density at radius 3 is 2.61 bits per heavy atom. The average Bonchev–Trinajstić information content (AvgIpc) is 3.46. The lowest BCUT2D eigenvalue weighted by atomic mass is 10.0. The van der Waals surface area contributed by atoms with E-state index in [1.54, 1.807) is 6.92 Å². The molecule has 9 nitrogen and oxygen atoms in total. The molecule has 3 N–H and O–H groups in total. The SMILES string of the molecule is CCCCn1c(N)c(N(C(=O)c2c(-c3ccccc3)noc2C)C2CCCC2)c(=O)[nH]c1=O. The standard InChI is InChI=1S/C24H29N5O4/c1-3-4-14-28-21(25)20(22(30)26-24(28)32)29(17-12-8-9-13-17)23(31)18-15(2)33-27-19(18)16-10-6-5-7-11-16/h5-7,10-11,17H,3-4,8-9,12-14,25H2,1-2H3,(H,26,30,32). The number of rotatable bonds is 7. The number of nitrogens with two attached hydrogens (primary N) is 1. The molecule has 2 aromatic heterocycles. The molecular weight excluding hydrogens is 422 g/mol. The number of hydrogen-bond acceptors (Lipinski definition) is 6. The van der Waals surface area contributed by atoms with Gasteiger partial charge in [0.2, 0.25) is 0 Å². The molecule has 0 unspecified atom stereocenters. The van der Waals surface area contributed by atoms with E-state index < -0.39 is 17.2 Å². The van der Waals surface area contributed by atoms with E-state index in [2.05, 4.69) is 10.1 Å². The number of hydrogen-bond donors (Lipinski definition) is 2. The normalized spacial score (nSPS) is 14.0. The predicted molar refractivity (Wildman–Crippen MR) is 126 cm³/mol. The van der Waals surface area contributed by atoms with Gasteiger partial charge in [-0.3, -0.25) is 24.0 Å². The fourth-order valence-electron chi connectivity index (χ4n) is 4.50. The van der Waals surface area contributed by atoms with Crippen LogP contribution in [0, 0.1) is 6.92 Å². The first-order valence-electron chi connectivity index (χ1n) is 11.4. The van der Waals surface area contributed by atoms with Crippen molar-refractivity contribution >= 4 is 17.4 Å². The van der Waals surface area contributed by atoms with E-state index in [0.29, 0.717) is 23.6 Å². The van der Waals surface area contributed by atoms with Crippen molar-refractivity contribution in [1.82, 2.24) is 14.7 Å². The highest BCUT2D eigenvalue weighted by Crippen LogP contribution is 2.34. The number of anilines is 2. The number of nitrogen functional groups attached to an aromatic ring is 1. The Balaban J connectivity index is 1.88. The molecule has 0 bridgehead atoms. The van der Waals surface area contributed by atoms with Crippen LogP contribution >= 0.6 is 0 Å². The fourth-order valence-corrected chi connectivity index (χ4v) is 4.50. The van der Waals surface area contributed by atoms with Crippen molar-refractivity contribution < 1.29 is 9.32 Å². The van der Waals surface area contributed by atoms with Gasteiger partial charge >= 0.3 is 5.69 Å². The number of carbonyl (C=O) groups excluding carboxylic acids is 1. The molecule has 1 aliphatic carbocycles. The molecule has 174 valence electrons. The van der Waals surface area contributed by atoms with E-state index in [4.69, 9.17) is 10.3 Å². The first-order valence-corrected chi connectivity index (χ1v) is 11.4. The van der Waals surface area contributed by atoms with Crippen molar-refractivity contribution in [3.05, 3.63) is 62.5 Å². The first kappa shape index (κ1) is 22.6. The maximum atomic E-state index is 14.1. The Kier molecular flexibility index (Phi) is 6.48. The minimum atomic E-state index is -0.666. The molecule has 0 atom stereocenters. The lowest BCUT2D eigenvalue weighted by Gasteiger charge is -2.30. The minimum absolute atomic E-state index is 0.00724. The van der Waals surface area contributed by atoms with Crippen LogP contribution in [0.15, 0.2) is 44.4 Å². The number of benzene rings is 1. The third kappa shape index (κ3) is 4.22. The predicted octanol–water partition coefficient (Wildman–Crippen LogP) is 3.47. The molecule has 1 aromatic carbocycles. The first-order chi connectivity index (χ1) is 15.9. The van der Waals surface area contributed by atoms with Crippen molar-refractivity contribution in [2.45, 2.75) is 65.0 Å². The van der Waals surface area contributed by atoms with Crippen LogP contribution in [0.4, 0.5) is 11.5 Å². The molecule has 9 heteroatoms. The Labute approximate surface area is 191 Å². The summed E-state index contributed by atoms with van der Waals surface area (Å²) in [7, 11) is 0. The third-order valence-corrected chi connectivity index (χ3v) is 6.22. The zero-order valence-electron chi connectivity index (χ0n) is 19.0. The quantitative estimate of drug-likeness (QED) is 0.566. The number of amides is 1. The lowest BCUT2D eigenvalue weighted by Crippen LogP contribution is -2.45. The van der Waals surface area contributed by atoms with Gasteiger partial charge in [-0.15, -0.1) is 0 Å². The smallest absolute Gasteiger partial charge is 0.330 e. The number of nitrogens with zero attached hydrogens (tertiary/aromatic N) is 3. The zero-order chi connectivity index (χ0) is 23.5. The summed E-state index contributed by atoms with van der Waals surface area (Å²) in [6.45, 7) is 4.04. The number of aromatic nitrogens is 3. The summed E-state index contributed by atoms with van der Waals surface area (Å²) < 4.78 is 6.75. The number of aromatic amines is 1. The zero-order valence-corrected chi connectivity index (χ0v) is 19.0. The van der Waals surface area contributed by atoms with Gasteiger partial charge in [0.05, 0.1) is 0 Å². The summed E-state index contributed by atoms with van der Waals surface area (Å²) in [6, 6.07) is 9.07. The van der Waals surface area contributed by atoms with Gasteiger partial charge in [-0.2, -0.15) is 0 Å². The molecule has 1 amide bonds. The van der Waals surface area contributed by atoms with Crippen LogP contribution in [0.2, 0.25) is 0 Å². The van der Waals surface area contributed by atoms with Gasteiger partial charge in [-0.1, -0.05) is 61.7 Å². The average molecular weight is 452 g/mol. The Morgan fingerprint density at radius 2 is 1.94 bits per heavy atom. The summed E-state index contributed by atoms with van der Waals surface area (Å²) in [5, 5.41) is 4.13. The molecule has 0 aliphatic heterocycles. The number of aryl methyl sites for hydroxylation is 1. The Morgan fingerprint density at radius 1 is 1.24 bits per heavy atom. The summed E-state index contributed by atoms with van der Waals surface area (Å²) >= 11 is 0. The third-order valence-electron chi connectivity index (χ3n) is 6.22. The van der Waals surface area contributed by atoms with Gasteiger partial charge < -0.3 is 10.3 Å². The number of carbonyl (C=O) groups is 1. The molecule has 0 saturated heterocycles.